The number of sulfone groups is 1. The molecule has 0 spiro atoms. The van der Waals surface area contributed by atoms with Gasteiger partial charge in [-0.15, -0.1) is 0 Å². The second kappa shape index (κ2) is 4.44. The van der Waals surface area contributed by atoms with Crippen LogP contribution in [0.25, 0.3) is 0 Å². The second-order valence-corrected chi connectivity index (χ2v) is 7.79. The number of hydrogen-bond donors (Lipinski definition) is 1. The maximum absolute atomic E-state index is 12.2. The fourth-order valence-corrected chi connectivity index (χ4v) is 5.16. The molecule has 1 aliphatic rings. The molecule has 110 valence electrons. The van der Waals surface area contributed by atoms with Gasteiger partial charge in [0.1, 0.15) is 0 Å². The van der Waals surface area contributed by atoms with Gasteiger partial charge in [0.05, 0.1) is 22.6 Å². The third kappa shape index (κ3) is 2.26. The van der Waals surface area contributed by atoms with Crippen molar-refractivity contribution in [2.24, 2.45) is 0 Å². The summed E-state index contributed by atoms with van der Waals surface area (Å²) in [5.74, 6) is -1.23. The van der Waals surface area contributed by atoms with E-state index in [2.05, 4.69) is 0 Å². The Labute approximate surface area is 117 Å². The van der Waals surface area contributed by atoms with E-state index in [0.717, 1.165) is 0 Å². The smallest absolute Gasteiger partial charge is 0.337 e. The minimum Gasteiger partial charge on any atom is -0.478 e. The monoisotopic (exact) mass is 299 g/mol. The molecule has 0 radical (unpaired) electrons. The van der Waals surface area contributed by atoms with Crippen LogP contribution >= 0.6 is 0 Å². The van der Waals surface area contributed by atoms with Crippen LogP contribution in [0.2, 0.25) is 0 Å². The molecule has 1 unspecified atom stereocenters. The fraction of sp³-hybridized carbons (Fsp3) is 0.538. The summed E-state index contributed by atoms with van der Waals surface area (Å²) < 4.78 is 24.7. The predicted molar refractivity (Wildman–Crippen MR) is 74.1 cm³/mol. The Kier molecular flexibility index (Phi) is 3.28. The van der Waals surface area contributed by atoms with Crippen LogP contribution in [-0.2, 0) is 15.4 Å². The quantitative estimate of drug-likeness (QED) is 0.867. The van der Waals surface area contributed by atoms with Gasteiger partial charge < -0.3 is 9.67 Å². The van der Waals surface area contributed by atoms with Gasteiger partial charge in [-0.1, -0.05) is 0 Å². The average molecular weight is 299 g/mol. The number of nitrogens with zero attached hydrogens (tertiary/aromatic N) is 1. The summed E-state index contributed by atoms with van der Waals surface area (Å²) in [6, 6.07) is 1.26. The first kappa shape index (κ1) is 14.8. The van der Waals surface area contributed by atoms with Gasteiger partial charge in [-0.3, -0.25) is 4.79 Å². The molecule has 0 bridgehead atoms. The number of rotatable bonds is 2. The molecule has 1 N–H and O–H groups in total. The van der Waals surface area contributed by atoms with Gasteiger partial charge in [-0.05, 0) is 32.8 Å². The Morgan fingerprint density at radius 2 is 2.00 bits per heavy atom. The molecule has 1 atom stereocenters. The van der Waals surface area contributed by atoms with Crippen LogP contribution in [-0.4, -0.2) is 35.6 Å². The van der Waals surface area contributed by atoms with Crippen molar-refractivity contribution in [1.82, 2.24) is 4.57 Å². The predicted octanol–water partition coefficient (Wildman–Crippen LogP) is 0.697. The van der Waals surface area contributed by atoms with Gasteiger partial charge in [0, 0.05) is 11.8 Å². The molecule has 0 amide bonds. The highest BCUT2D eigenvalue weighted by Crippen LogP contribution is 2.31. The zero-order valence-electron chi connectivity index (χ0n) is 11.6. The number of pyridine rings is 1. The molecule has 1 aromatic rings. The van der Waals surface area contributed by atoms with E-state index in [1.165, 1.54) is 10.6 Å². The molecule has 2 rings (SSSR count). The fourth-order valence-electron chi connectivity index (χ4n) is 3.05. The first-order valence-electron chi connectivity index (χ1n) is 6.25. The van der Waals surface area contributed by atoms with E-state index in [1.807, 2.05) is 0 Å². The van der Waals surface area contributed by atoms with Crippen molar-refractivity contribution >= 4 is 15.8 Å². The van der Waals surface area contributed by atoms with Crippen LogP contribution in [0.3, 0.4) is 0 Å². The average Bonchev–Trinajstić information content (AvgIpc) is 2.51. The Morgan fingerprint density at radius 3 is 2.45 bits per heavy atom. The van der Waals surface area contributed by atoms with Gasteiger partial charge in [0.15, 0.2) is 9.84 Å². The van der Waals surface area contributed by atoms with E-state index in [-0.39, 0.29) is 22.6 Å². The summed E-state index contributed by atoms with van der Waals surface area (Å²) >= 11 is 0. The van der Waals surface area contributed by atoms with Crippen LogP contribution in [0, 0.1) is 13.8 Å². The third-order valence-electron chi connectivity index (χ3n) is 3.89. The van der Waals surface area contributed by atoms with Gasteiger partial charge in [-0.25, -0.2) is 13.2 Å². The van der Waals surface area contributed by atoms with Crippen LogP contribution < -0.4 is 5.56 Å². The van der Waals surface area contributed by atoms with Crippen LogP contribution in [0.15, 0.2) is 10.9 Å². The van der Waals surface area contributed by atoms with Crippen molar-refractivity contribution in [3.05, 3.63) is 33.2 Å². The second-order valence-electron chi connectivity index (χ2n) is 5.61. The molecule has 2 heterocycles. The summed E-state index contributed by atoms with van der Waals surface area (Å²) in [5.41, 5.74) is -0.472. The Hall–Kier alpha value is -1.63. The van der Waals surface area contributed by atoms with Crippen molar-refractivity contribution < 1.29 is 18.3 Å². The number of carboxylic acids is 1. The molecule has 1 aliphatic heterocycles. The lowest BCUT2D eigenvalue weighted by molar-refractivity contribution is 0.0693. The number of hydrogen-bond acceptors (Lipinski definition) is 4. The summed E-state index contributed by atoms with van der Waals surface area (Å²) in [6.45, 7) is 4.80. The lowest BCUT2D eigenvalue weighted by Gasteiger charge is -2.29. The zero-order valence-corrected chi connectivity index (χ0v) is 12.5. The van der Waals surface area contributed by atoms with Crippen molar-refractivity contribution in [2.75, 3.05) is 11.5 Å². The molecule has 20 heavy (non-hydrogen) atoms. The van der Waals surface area contributed by atoms with Crippen molar-refractivity contribution in [1.29, 1.82) is 0 Å². The zero-order chi connectivity index (χ0) is 15.3. The molecule has 7 heteroatoms. The first-order chi connectivity index (χ1) is 9.07. The Bertz CT molecular complexity index is 747. The number of aromatic carboxylic acids is 1. The largest absolute Gasteiger partial charge is 0.478 e. The minimum atomic E-state index is -3.19. The lowest BCUT2D eigenvalue weighted by atomic mass is 9.98. The van der Waals surface area contributed by atoms with Gasteiger partial charge >= 0.3 is 5.97 Å². The van der Waals surface area contributed by atoms with Gasteiger partial charge in [0.2, 0.25) is 0 Å². The minimum absolute atomic E-state index is 0.0195. The topological polar surface area (TPSA) is 93.4 Å². The standard InChI is InChI=1S/C13H17NO5S/c1-8-6-10(15)14(9(2)11(8)12(16)17)13(3)4-5-20(18,19)7-13/h6H,4-5,7H2,1-3H3,(H,16,17). The number of aromatic nitrogens is 1. The van der Waals surface area contributed by atoms with Crippen LogP contribution in [0.4, 0.5) is 0 Å². The summed E-state index contributed by atoms with van der Waals surface area (Å²) in [6.07, 6.45) is 0.318. The van der Waals surface area contributed by atoms with Crippen molar-refractivity contribution in [3.8, 4) is 0 Å². The molecule has 1 aromatic heterocycles. The Balaban J connectivity index is 2.73. The van der Waals surface area contributed by atoms with Gasteiger partial charge in [-0.2, -0.15) is 0 Å². The SMILES string of the molecule is Cc1cc(=O)n(C2(C)CCS(=O)(=O)C2)c(C)c1C(=O)O. The molecular formula is C13H17NO5S. The van der Waals surface area contributed by atoms with Crippen molar-refractivity contribution in [3.63, 3.8) is 0 Å². The van der Waals surface area contributed by atoms with Crippen LogP contribution in [0.1, 0.15) is 35.0 Å². The normalized spacial score (nSPS) is 24.8. The van der Waals surface area contributed by atoms with Crippen LogP contribution in [0.5, 0.6) is 0 Å². The molecule has 6 nitrogen and oxygen atoms in total. The highest BCUT2D eigenvalue weighted by molar-refractivity contribution is 7.91. The van der Waals surface area contributed by atoms with Crippen molar-refractivity contribution in [2.45, 2.75) is 32.7 Å². The number of carbonyl (C=O) groups is 1. The van der Waals surface area contributed by atoms with E-state index >= 15 is 0 Å². The van der Waals surface area contributed by atoms with E-state index in [4.69, 9.17) is 0 Å². The maximum Gasteiger partial charge on any atom is 0.337 e. The van der Waals surface area contributed by atoms with Gasteiger partial charge in [0.25, 0.3) is 5.56 Å². The lowest BCUT2D eigenvalue weighted by Crippen LogP contribution is -2.42. The number of aryl methyl sites for hydroxylation is 1. The van der Waals surface area contributed by atoms with E-state index in [1.54, 1.807) is 20.8 Å². The van der Waals surface area contributed by atoms with E-state index in [0.29, 0.717) is 17.7 Å². The number of carboxylic acid groups (broad SMARTS) is 1. The first-order valence-corrected chi connectivity index (χ1v) is 8.07. The molecule has 0 aliphatic carbocycles. The maximum atomic E-state index is 12.2. The molecular weight excluding hydrogens is 282 g/mol. The van der Waals surface area contributed by atoms with E-state index in [9.17, 15) is 23.1 Å². The molecule has 1 fully saturated rings. The molecule has 0 saturated carbocycles. The third-order valence-corrected chi connectivity index (χ3v) is 5.78. The summed E-state index contributed by atoms with van der Waals surface area (Å²) in [5, 5.41) is 9.26. The highest BCUT2D eigenvalue weighted by atomic mass is 32.2. The molecule has 1 saturated heterocycles. The highest BCUT2D eigenvalue weighted by Gasteiger charge is 2.41. The summed E-state index contributed by atoms with van der Waals surface area (Å²) in [4.78, 5) is 23.5. The Morgan fingerprint density at radius 1 is 1.40 bits per heavy atom. The van der Waals surface area contributed by atoms with E-state index < -0.39 is 21.3 Å². The molecule has 0 aromatic carbocycles. The summed E-state index contributed by atoms with van der Waals surface area (Å²) in [7, 11) is -3.19.